The summed E-state index contributed by atoms with van der Waals surface area (Å²) in [5.41, 5.74) is 0.506. The molecule has 4 nitrogen and oxygen atoms in total. The van der Waals surface area contributed by atoms with E-state index in [2.05, 4.69) is 5.32 Å². The number of carbonyl (C=O) groups is 2. The number of carbonyl (C=O) groups excluding carboxylic acids is 2. The molecule has 6 heteroatoms. The highest BCUT2D eigenvalue weighted by Gasteiger charge is 2.17. The Morgan fingerprint density at radius 2 is 1.50 bits per heavy atom. The van der Waals surface area contributed by atoms with Crippen LogP contribution in [0.5, 0.6) is 5.75 Å². The average Bonchev–Trinajstić information content (AvgIpc) is 2.66. The Labute approximate surface area is 148 Å². The van der Waals surface area contributed by atoms with Crippen molar-refractivity contribution in [3.63, 3.8) is 0 Å². The summed E-state index contributed by atoms with van der Waals surface area (Å²) in [6.45, 7) is 0. The summed E-state index contributed by atoms with van der Waals surface area (Å²) < 4.78 is 31.8. The molecule has 0 unspecified atom stereocenters. The number of hydrogen-bond donors (Lipinski definition) is 1. The van der Waals surface area contributed by atoms with E-state index in [1.807, 2.05) is 0 Å². The molecule has 26 heavy (non-hydrogen) atoms. The first-order valence-electron chi connectivity index (χ1n) is 7.67. The fraction of sp³-hybridized carbons (Fsp3) is 0. The van der Waals surface area contributed by atoms with Gasteiger partial charge >= 0.3 is 5.97 Å². The molecule has 0 saturated carbocycles. The summed E-state index contributed by atoms with van der Waals surface area (Å²) >= 11 is 0. The Morgan fingerprint density at radius 1 is 0.808 bits per heavy atom. The Balaban J connectivity index is 1.67. The van der Waals surface area contributed by atoms with Gasteiger partial charge in [0.15, 0.2) is 11.6 Å². The molecule has 0 aliphatic carbocycles. The zero-order valence-corrected chi connectivity index (χ0v) is 13.4. The van der Waals surface area contributed by atoms with Gasteiger partial charge in [0.25, 0.3) is 5.91 Å². The summed E-state index contributed by atoms with van der Waals surface area (Å²) in [6, 6.07) is 17.9. The molecular formula is C20H13F2NO3. The van der Waals surface area contributed by atoms with E-state index in [1.54, 1.807) is 30.3 Å². The van der Waals surface area contributed by atoms with Crippen molar-refractivity contribution in [1.29, 1.82) is 0 Å². The number of nitrogens with one attached hydrogen (secondary N) is 1. The molecule has 130 valence electrons. The maximum absolute atomic E-state index is 13.6. The summed E-state index contributed by atoms with van der Waals surface area (Å²) in [7, 11) is 0. The van der Waals surface area contributed by atoms with Crippen LogP contribution in [0.2, 0.25) is 0 Å². The molecule has 1 amide bonds. The van der Waals surface area contributed by atoms with E-state index in [9.17, 15) is 18.4 Å². The molecular weight excluding hydrogens is 340 g/mol. The number of halogens is 2. The van der Waals surface area contributed by atoms with Crippen LogP contribution in [0.4, 0.5) is 14.5 Å². The maximum atomic E-state index is 13.6. The van der Waals surface area contributed by atoms with Crippen molar-refractivity contribution in [2.75, 3.05) is 5.32 Å². The van der Waals surface area contributed by atoms with E-state index < -0.39 is 23.2 Å². The molecule has 0 aliphatic heterocycles. The topological polar surface area (TPSA) is 55.4 Å². The highest BCUT2D eigenvalue weighted by atomic mass is 19.2. The zero-order valence-electron chi connectivity index (χ0n) is 13.4. The molecule has 0 bridgehead atoms. The number of ether oxygens (including phenoxy) is 1. The number of hydrogen-bond acceptors (Lipinski definition) is 3. The minimum Gasteiger partial charge on any atom is -0.423 e. The van der Waals surface area contributed by atoms with Crippen molar-refractivity contribution < 1.29 is 23.1 Å². The number of amides is 1. The fourth-order valence-corrected chi connectivity index (χ4v) is 2.22. The van der Waals surface area contributed by atoms with Gasteiger partial charge in [-0.1, -0.05) is 24.3 Å². The molecule has 0 fully saturated rings. The Kier molecular flexibility index (Phi) is 5.03. The highest BCUT2D eigenvalue weighted by molar-refractivity contribution is 6.04. The van der Waals surface area contributed by atoms with Gasteiger partial charge in [0.05, 0.1) is 5.56 Å². The van der Waals surface area contributed by atoms with Crippen LogP contribution in [0.25, 0.3) is 0 Å². The van der Waals surface area contributed by atoms with Crippen LogP contribution in [-0.4, -0.2) is 11.9 Å². The number of esters is 1. The lowest BCUT2D eigenvalue weighted by atomic mass is 10.2. The molecule has 3 aromatic carbocycles. The molecule has 0 aromatic heterocycles. The fourth-order valence-electron chi connectivity index (χ4n) is 2.22. The second kappa shape index (κ2) is 7.57. The minimum absolute atomic E-state index is 0.136. The SMILES string of the molecule is O=C(Nc1ccc(OC(=O)c2cccc(F)c2F)cc1)c1ccccc1. The van der Waals surface area contributed by atoms with E-state index in [0.29, 0.717) is 11.3 Å². The second-order valence-corrected chi connectivity index (χ2v) is 5.34. The zero-order chi connectivity index (χ0) is 18.5. The summed E-state index contributed by atoms with van der Waals surface area (Å²) in [6.07, 6.45) is 0. The third-order valence-corrected chi connectivity index (χ3v) is 3.53. The number of benzene rings is 3. The van der Waals surface area contributed by atoms with Gasteiger partial charge in [-0.15, -0.1) is 0 Å². The quantitative estimate of drug-likeness (QED) is 0.557. The standard InChI is InChI=1S/C20H13F2NO3/c21-17-8-4-7-16(18(17)22)20(25)26-15-11-9-14(10-12-15)23-19(24)13-5-2-1-3-6-13/h1-12H,(H,23,24). The van der Waals surface area contributed by atoms with Gasteiger partial charge in [-0.2, -0.15) is 0 Å². The Morgan fingerprint density at radius 3 is 2.19 bits per heavy atom. The molecule has 0 saturated heterocycles. The van der Waals surface area contributed by atoms with Crippen LogP contribution in [0.3, 0.4) is 0 Å². The number of rotatable bonds is 4. The van der Waals surface area contributed by atoms with E-state index in [-0.39, 0.29) is 11.7 Å². The van der Waals surface area contributed by atoms with Gasteiger partial charge in [-0.05, 0) is 48.5 Å². The van der Waals surface area contributed by atoms with E-state index in [4.69, 9.17) is 4.74 Å². The highest BCUT2D eigenvalue weighted by Crippen LogP contribution is 2.19. The number of anilines is 1. The van der Waals surface area contributed by atoms with Crippen molar-refractivity contribution in [1.82, 2.24) is 0 Å². The molecule has 1 N–H and O–H groups in total. The summed E-state index contributed by atoms with van der Waals surface area (Å²) in [5.74, 6) is -3.54. The predicted molar refractivity (Wildman–Crippen MR) is 92.2 cm³/mol. The van der Waals surface area contributed by atoms with E-state index in [0.717, 1.165) is 12.1 Å². The lowest BCUT2D eigenvalue weighted by Crippen LogP contribution is -2.12. The Hall–Kier alpha value is -3.54. The third kappa shape index (κ3) is 3.92. The second-order valence-electron chi connectivity index (χ2n) is 5.34. The van der Waals surface area contributed by atoms with Crippen LogP contribution in [-0.2, 0) is 0 Å². The average molecular weight is 353 g/mol. The lowest BCUT2D eigenvalue weighted by molar-refractivity contribution is 0.0728. The smallest absolute Gasteiger partial charge is 0.346 e. The van der Waals surface area contributed by atoms with Gasteiger partial charge in [0.1, 0.15) is 5.75 Å². The van der Waals surface area contributed by atoms with Crippen molar-refractivity contribution >= 4 is 17.6 Å². The molecule has 0 spiro atoms. The minimum atomic E-state index is -1.26. The van der Waals surface area contributed by atoms with Gasteiger partial charge < -0.3 is 10.1 Å². The molecule has 0 radical (unpaired) electrons. The molecule has 3 rings (SSSR count). The van der Waals surface area contributed by atoms with Crippen LogP contribution in [0.1, 0.15) is 20.7 Å². The molecule has 0 aliphatic rings. The lowest BCUT2D eigenvalue weighted by Gasteiger charge is -2.08. The largest absolute Gasteiger partial charge is 0.423 e. The van der Waals surface area contributed by atoms with Crippen LogP contribution in [0, 0.1) is 11.6 Å². The van der Waals surface area contributed by atoms with Crippen molar-refractivity contribution in [3.05, 3.63) is 95.6 Å². The first kappa shape index (κ1) is 17.3. The predicted octanol–water partition coefficient (Wildman–Crippen LogP) is 4.44. The molecule has 3 aromatic rings. The van der Waals surface area contributed by atoms with E-state index in [1.165, 1.54) is 30.3 Å². The van der Waals surface area contributed by atoms with Gasteiger partial charge in [-0.25, -0.2) is 13.6 Å². The van der Waals surface area contributed by atoms with Crippen molar-refractivity contribution in [2.45, 2.75) is 0 Å². The monoisotopic (exact) mass is 353 g/mol. The van der Waals surface area contributed by atoms with Gasteiger partial charge in [0.2, 0.25) is 0 Å². The summed E-state index contributed by atoms with van der Waals surface area (Å²) in [4.78, 5) is 24.0. The Bertz CT molecular complexity index is 941. The first-order chi connectivity index (χ1) is 12.5. The van der Waals surface area contributed by atoms with Crippen LogP contribution < -0.4 is 10.1 Å². The van der Waals surface area contributed by atoms with E-state index >= 15 is 0 Å². The van der Waals surface area contributed by atoms with Crippen LogP contribution in [0.15, 0.2) is 72.8 Å². The summed E-state index contributed by atoms with van der Waals surface area (Å²) in [5, 5.41) is 2.70. The van der Waals surface area contributed by atoms with Crippen molar-refractivity contribution in [3.8, 4) is 5.75 Å². The van der Waals surface area contributed by atoms with Gasteiger partial charge in [0, 0.05) is 11.3 Å². The molecule has 0 heterocycles. The maximum Gasteiger partial charge on any atom is 0.346 e. The third-order valence-electron chi connectivity index (χ3n) is 3.53. The van der Waals surface area contributed by atoms with Crippen molar-refractivity contribution in [2.24, 2.45) is 0 Å². The molecule has 0 atom stereocenters. The first-order valence-corrected chi connectivity index (χ1v) is 7.67. The van der Waals surface area contributed by atoms with Gasteiger partial charge in [-0.3, -0.25) is 4.79 Å². The normalized spacial score (nSPS) is 10.2. The van der Waals surface area contributed by atoms with Crippen LogP contribution >= 0.6 is 0 Å².